The number of likely N-dealkylation sites (tertiary alicyclic amines) is 1. The van der Waals surface area contributed by atoms with Crippen LogP contribution in [-0.2, 0) is 9.84 Å². The molecule has 3 rings (SSSR count). The van der Waals surface area contributed by atoms with E-state index in [9.17, 15) is 8.42 Å². The van der Waals surface area contributed by atoms with Gasteiger partial charge < -0.3 is 15.5 Å². The zero-order chi connectivity index (χ0) is 18.6. The monoisotopic (exact) mass is 442 g/mol. The molecule has 144 valence electrons. The number of nitrogens with zero attached hydrogens (tertiary/aromatic N) is 2. The van der Waals surface area contributed by atoms with Crippen molar-refractivity contribution < 1.29 is 8.42 Å². The first kappa shape index (κ1) is 19.6. The second kappa shape index (κ2) is 8.71. The summed E-state index contributed by atoms with van der Waals surface area (Å²) in [5.41, 5.74) is 0. The zero-order valence-electron chi connectivity index (χ0n) is 15.1. The van der Waals surface area contributed by atoms with Gasteiger partial charge in [-0.3, -0.25) is 4.99 Å². The minimum Gasteiger partial charge on any atom is -0.355 e. The molecule has 1 heterocycles. The Hall–Kier alpha value is -1.12. The molecule has 0 aromatic heterocycles. The summed E-state index contributed by atoms with van der Waals surface area (Å²) in [5, 5.41) is 6.57. The summed E-state index contributed by atoms with van der Waals surface area (Å²) in [6.07, 6.45) is 4.92. The minimum absolute atomic E-state index is 0.0372. The second-order valence-electron chi connectivity index (χ2n) is 6.96. The van der Waals surface area contributed by atoms with Gasteiger partial charge in [0.1, 0.15) is 0 Å². The highest BCUT2D eigenvalue weighted by Gasteiger charge is 2.31. The fraction of sp³-hybridized carbons (Fsp3) is 0.611. The summed E-state index contributed by atoms with van der Waals surface area (Å²) in [7, 11) is -1.58. The number of nitrogens with one attached hydrogen (secondary N) is 2. The van der Waals surface area contributed by atoms with Crippen LogP contribution in [0.25, 0.3) is 0 Å². The molecule has 0 atom stereocenters. The number of halogens is 1. The van der Waals surface area contributed by atoms with Crippen molar-refractivity contribution in [3.8, 4) is 0 Å². The average molecular weight is 443 g/mol. The van der Waals surface area contributed by atoms with E-state index in [1.54, 1.807) is 31.3 Å². The Morgan fingerprint density at radius 3 is 2.42 bits per heavy atom. The highest BCUT2D eigenvalue weighted by molar-refractivity contribution is 9.10. The van der Waals surface area contributed by atoms with Gasteiger partial charge in [0.15, 0.2) is 15.8 Å². The quantitative estimate of drug-likeness (QED) is 0.520. The van der Waals surface area contributed by atoms with Crippen LogP contribution in [0.3, 0.4) is 0 Å². The number of guanidine groups is 1. The molecule has 2 N–H and O–H groups in total. The summed E-state index contributed by atoms with van der Waals surface area (Å²) in [4.78, 5) is 7.16. The Bertz CT molecular complexity index is 724. The SMILES string of the molecule is CN=C(NCCS(=O)(=O)c1ccc(Br)cc1)NC1CCN(C2CC2)CC1. The summed E-state index contributed by atoms with van der Waals surface area (Å²) in [5.74, 6) is 0.719. The molecule has 0 amide bonds. The maximum Gasteiger partial charge on any atom is 0.191 e. The Kier molecular flexibility index (Phi) is 6.58. The van der Waals surface area contributed by atoms with Gasteiger partial charge in [-0.1, -0.05) is 15.9 Å². The van der Waals surface area contributed by atoms with E-state index in [1.807, 2.05) is 0 Å². The van der Waals surface area contributed by atoms with Gasteiger partial charge in [0.2, 0.25) is 0 Å². The molecule has 1 aliphatic carbocycles. The first-order chi connectivity index (χ1) is 12.5. The molecule has 2 aliphatic rings. The molecule has 2 fully saturated rings. The van der Waals surface area contributed by atoms with Crippen LogP contribution in [-0.4, -0.2) is 63.8 Å². The Labute approximate surface area is 164 Å². The van der Waals surface area contributed by atoms with E-state index in [4.69, 9.17) is 0 Å². The third kappa shape index (κ3) is 5.44. The van der Waals surface area contributed by atoms with Crippen LogP contribution in [0.15, 0.2) is 38.6 Å². The van der Waals surface area contributed by atoms with Crippen molar-refractivity contribution in [3.05, 3.63) is 28.7 Å². The van der Waals surface area contributed by atoms with Crippen LogP contribution in [0.2, 0.25) is 0 Å². The molecule has 1 aromatic rings. The van der Waals surface area contributed by atoms with E-state index in [-0.39, 0.29) is 5.75 Å². The standard InChI is InChI=1S/C18H27BrN4O2S/c1-20-18(22-15-8-11-23(12-9-15)16-4-5-16)21-10-13-26(24,25)17-6-2-14(19)3-7-17/h2-3,6-7,15-16H,4-5,8-13H2,1H3,(H2,20,21,22). The van der Waals surface area contributed by atoms with Crippen LogP contribution in [0, 0.1) is 0 Å². The predicted molar refractivity (Wildman–Crippen MR) is 108 cm³/mol. The number of hydrogen-bond donors (Lipinski definition) is 2. The largest absolute Gasteiger partial charge is 0.355 e. The van der Waals surface area contributed by atoms with E-state index >= 15 is 0 Å². The molecule has 0 radical (unpaired) electrons. The van der Waals surface area contributed by atoms with Crippen molar-refractivity contribution in [2.75, 3.05) is 32.4 Å². The molecular formula is C18H27BrN4O2S. The first-order valence-electron chi connectivity index (χ1n) is 9.17. The van der Waals surface area contributed by atoms with Crippen molar-refractivity contribution in [1.82, 2.24) is 15.5 Å². The third-order valence-electron chi connectivity index (χ3n) is 4.99. The number of piperidine rings is 1. The molecule has 1 aliphatic heterocycles. The lowest BCUT2D eigenvalue weighted by Crippen LogP contribution is -2.49. The molecule has 1 saturated carbocycles. The maximum atomic E-state index is 12.4. The molecular weight excluding hydrogens is 416 g/mol. The van der Waals surface area contributed by atoms with Crippen LogP contribution in [0.5, 0.6) is 0 Å². The lowest BCUT2D eigenvalue weighted by Gasteiger charge is -2.33. The Balaban J connectivity index is 1.43. The highest BCUT2D eigenvalue weighted by Crippen LogP contribution is 2.29. The fourth-order valence-electron chi connectivity index (χ4n) is 3.30. The molecule has 0 bridgehead atoms. The molecule has 1 aromatic carbocycles. The van der Waals surface area contributed by atoms with Gasteiger partial charge in [-0.15, -0.1) is 0 Å². The van der Waals surface area contributed by atoms with Crippen molar-refractivity contribution in [2.45, 2.75) is 42.7 Å². The van der Waals surface area contributed by atoms with Gasteiger partial charge in [0.05, 0.1) is 10.6 Å². The molecule has 8 heteroatoms. The second-order valence-corrected chi connectivity index (χ2v) is 9.98. The molecule has 26 heavy (non-hydrogen) atoms. The van der Waals surface area contributed by atoms with E-state index in [0.29, 0.717) is 23.4 Å². The van der Waals surface area contributed by atoms with Gasteiger partial charge in [0.25, 0.3) is 0 Å². The van der Waals surface area contributed by atoms with Gasteiger partial charge >= 0.3 is 0 Å². The van der Waals surface area contributed by atoms with E-state index < -0.39 is 9.84 Å². The van der Waals surface area contributed by atoms with Gasteiger partial charge in [-0.2, -0.15) is 0 Å². The maximum absolute atomic E-state index is 12.4. The Morgan fingerprint density at radius 1 is 1.19 bits per heavy atom. The summed E-state index contributed by atoms with van der Waals surface area (Å²) >= 11 is 3.32. The van der Waals surface area contributed by atoms with Crippen LogP contribution < -0.4 is 10.6 Å². The summed E-state index contributed by atoms with van der Waals surface area (Å²) in [6, 6.07) is 7.97. The first-order valence-corrected chi connectivity index (χ1v) is 11.6. The zero-order valence-corrected chi connectivity index (χ0v) is 17.5. The number of sulfone groups is 1. The third-order valence-corrected chi connectivity index (χ3v) is 7.25. The average Bonchev–Trinajstić information content (AvgIpc) is 3.47. The lowest BCUT2D eigenvalue weighted by molar-refractivity contribution is 0.197. The van der Waals surface area contributed by atoms with Gasteiger partial charge in [-0.25, -0.2) is 8.42 Å². The lowest BCUT2D eigenvalue weighted by atomic mass is 10.1. The number of rotatable bonds is 6. The molecule has 0 unspecified atom stereocenters. The molecule has 6 nitrogen and oxygen atoms in total. The van der Waals surface area contributed by atoms with Crippen molar-refractivity contribution in [3.63, 3.8) is 0 Å². The number of benzene rings is 1. The number of aliphatic imine (C=N–C) groups is 1. The van der Waals surface area contributed by atoms with E-state index in [2.05, 4.69) is 36.5 Å². The Morgan fingerprint density at radius 2 is 1.85 bits per heavy atom. The predicted octanol–water partition coefficient (Wildman–Crippen LogP) is 2.01. The van der Waals surface area contributed by atoms with Crippen LogP contribution in [0.1, 0.15) is 25.7 Å². The van der Waals surface area contributed by atoms with Crippen molar-refractivity contribution in [2.24, 2.45) is 4.99 Å². The molecule has 0 spiro atoms. The molecule has 1 saturated heterocycles. The topological polar surface area (TPSA) is 73.8 Å². The highest BCUT2D eigenvalue weighted by atomic mass is 79.9. The van der Waals surface area contributed by atoms with Crippen molar-refractivity contribution >= 4 is 31.7 Å². The van der Waals surface area contributed by atoms with Crippen LogP contribution >= 0.6 is 15.9 Å². The van der Waals surface area contributed by atoms with Crippen LogP contribution in [0.4, 0.5) is 0 Å². The van der Waals surface area contributed by atoms with E-state index in [0.717, 1.165) is 36.4 Å². The fourth-order valence-corrected chi connectivity index (χ4v) is 4.72. The van der Waals surface area contributed by atoms with E-state index in [1.165, 1.54) is 12.8 Å². The smallest absolute Gasteiger partial charge is 0.191 e. The summed E-state index contributed by atoms with van der Waals surface area (Å²) < 4.78 is 25.6. The van der Waals surface area contributed by atoms with Crippen molar-refractivity contribution in [1.29, 1.82) is 0 Å². The van der Waals surface area contributed by atoms with Gasteiger partial charge in [0, 0.05) is 43.2 Å². The van der Waals surface area contributed by atoms with Gasteiger partial charge in [-0.05, 0) is 49.9 Å². The normalized spacial score (nSPS) is 20.2. The summed E-state index contributed by atoms with van der Waals surface area (Å²) in [6.45, 7) is 2.60. The minimum atomic E-state index is -3.30. The number of hydrogen-bond acceptors (Lipinski definition) is 4.